The van der Waals surface area contributed by atoms with Gasteiger partial charge in [0.05, 0.1) is 6.26 Å². The molecule has 0 heterocycles. The van der Waals surface area contributed by atoms with Crippen molar-refractivity contribution in [3.63, 3.8) is 0 Å². The summed E-state index contributed by atoms with van der Waals surface area (Å²) in [5.41, 5.74) is 0. The van der Waals surface area contributed by atoms with E-state index >= 15 is 0 Å². The van der Waals surface area contributed by atoms with Gasteiger partial charge in [-0.1, -0.05) is 6.58 Å². The van der Waals surface area contributed by atoms with E-state index in [0.29, 0.717) is 0 Å². The van der Waals surface area contributed by atoms with Gasteiger partial charge in [0.1, 0.15) is 0 Å². The fraction of sp³-hybridized carbons (Fsp3) is 0.500. The third kappa shape index (κ3) is 2.87. The van der Waals surface area contributed by atoms with Gasteiger partial charge in [-0.15, -0.1) is 0 Å². The van der Waals surface area contributed by atoms with Crippen LogP contribution in [-0.4, -0.2) is 19.2 Å². The number of rotatable bonds is 3. The average molecular weight is 130 g/mol. The van der Waals surface area contributed by atoms with Gasteiger partial charge in [-0.2, -0.15) is 0 Å². The smallest absolute Gasteiger partial charge is 0.339 e. The molecule has 0 aliphatic carbocycles. The number of hydrogen-bond acceptors (Lipinski definition) is 3. The normalized spacial score (nSPS) is 12.2. The van der Waals surface area contributed by atoms with Crippen molar-refractivity contribution in [2.24, 2.45) is 0 Å². The Morgan fingerprint density at radius 3 is 2.67 bits per heavy atom. The summed E-state index contributed by atoms with van der Waals surface area (Å²) in [6, 6.07) is 0. The third-order valence-electron chi connectivity index (χ3n) is 0.885. The highest BCUT2D eigenvalue weighted by Gasteiger charge is 2.10. The molecule has 52 valence electrons. The van der Waals surface area contributed by atoms with Crippen molar-refractivity contribution in [1.82, 2.24) is 0 Å². The second-order valence-corrected chi connectivity index (χ2v) is 1.48. The molecule has 0 saturated heterocycles. The summed E-state index contributed by atoms with van der Waals surface area (Å²) in [5, 5.41) is 0. The maximum Gasteiger partial charge on any atom is 0.339 e. The zero-order valence-electron chi connectivity index (χ0n) is 5.59. The number of hydrogen-bond donors (Lipinski definition) is 0. The zero-order chi connectivity index (χ0) is 7.28. The first kappa shape index (κ1) is 8.17. The van der Waals surface area contributed by atoms with E-state index in [-0.39, 0.29) is 0 Å². The van der Waals surface area contributed by atoms with E-state index in [4.69, 9.17) is 0 Å². The second-order valence-electron chi connectivity index (χ2n) is 1.48. The van der Waals surface area contributed by atoms with Gasteiger partial charge < -0.3 is 9.47 Å². The second kappa shape index (κ2) is 4.09. The van der Waals surface area contributed by atoms with E-state index in [1.54, 1.807) is 6.92 Å². The van der Waals surface area contributed by atoms with Crippen molar-refractivity contribution >= 4 is 5.97 Å². The van der Waals surface area contributed by atoms with Crippen molar-refractivity contribution in [1.29, 1.82) is 0 Å². The maximum atomic E-state index is 10.6. The molecule has 0 aromatic rings. The van der Waals surface area contributed by atoms with Crippen LogP contribution in [0.2, 0.25) is 0 Å². The molecule has 3 heteroatoms. The summed E-state index contributed by atoms with van der Waals surface area (Å²) in [6.45, 7) is 4.82. The Morgan fingerprint density at radius 1 is 1.78 bits per heavy atom. The summed E-state index contributed by atoms with van der Waals surface area (Å²) < 4.78 is 9.04. The minimum absolute atomic E-state index is 0.424. The topological polar surface area (TPSA) is 35.5 Å². The first-order chi connectivity index (χ1) is 4.22. The molecule has 3 nitrogen and oxygen atoms in total. The number of esters is 1. The van der Waals surface area contributed by atoms with Crippen LogP contribution in [0.5, 0.6) is 0 Å². The van der Waals surface area contributed by atoms with Gasteiger partial charge in [-0.05, 0) is 6.92 Å². The van der Waals surface area contributed by atoms with Crippen LogP contribution in [0.15, 0.2) is 12.8 Å². The van der Waals surface area contributed by atoms with Crippen molar-refractivity contribution in [2.45, 2.75) is 13.0 Å². The Bertz CT molecular complexity index is 109. The number of methoxy groups -OCH3 is 1. The highest BCUT2D eigenvalue weighted by molar-refractivity contribution is 5.74. The van der Waals surface area contributed by atoms with Crippen LogP contribution in [0.3, 0.4) is 0 Å². The largest absolute Gasteiger partial charge is 0.433 e. The van der Waals surface area contributed by atoms with Gasteiger partial charge in [0.2, 0.25) is 0 Å². The molecule has 0 aromatic carbocycles. The predicted molar refractivity (Wildman–Crippen MR) is 32.8 cm³/mol. The van der Waals surface area contributed by atoms with Crippen LogP contribution < -0.4 is 0 Å². The average Bonchev–Trinajstić information content (AvgIpc) is 1.87. The summed E-state index contributed by atoms with van der Waals surface area (Å²) in [4.78, 5) is 10.6. The molecule has 0 amide bonds. The van der Waals surface area contributed by atoms with Crippen molar-refractivity contribution in [3.05, 3.63) is 12.8 Å². The Hall–Kier alpha value is -0.830. The van der Waals surface area contributed by atoms with Gasteiger partial charge in [-0.3, -0.25) is 0 Å². The number of carbonyl (C=O) groups is 1. The van der Waals surface area contributed by atoms with Crippen LogP contribution in [0.25, 0.3) is 0 Å². The fourth-order valence-electron chi connectivity index (χ4n) is 0.274. The predicted octanol–water partition coefficient (Wildman–Crippen LogP) is 0.708. The molecule has 0 saturated carbocycles. The quantitative estimate of drug-likeness (QED) is 0.417. The Morgan fingerprint density at radius 2 is 2.33 bits per heavy atom. The molecule has 0 aliphatic rings. The van der Waals surface area contributed by atoms with E-state index in [9.17, 15) is 4.79 Å². The summed E-state index contributed by atoms with van der Waals surface area (Å²) in [7, 11) is 1.44. The lowest BCUT2D eigenvalue weighted by atomic mass is 10.4. The standard InChI is InChI=1S/C6H10O3/c1-4-9-6(7)5(2)8-3/h4-5H,1H2,2-3H3. The lowest BCUT2D eigenvalue weighted by Crippen LogP contribution is -2.19. The van der Waals surface area contributed by atoms with Gasteiger partial charge in [0.15, 0.2) is 6.10 Å². The van der Waals surface area contributed by atoms with Crippen LogP contribution in [0, 0.1) is 0 Å². The van der Waals surface area contributed by atoms with Crippen LogP contribution in [0.4, 0.5) is 0 Å². The van der Waals surface area contributed by atoms with Gasteiger partial charge in [0.25, 0.3) is 0 Å². The lowest BCUT2D eigenvalue weighted by molar-refractivity contribution is -0.148. The fourth-order valence-corrected chi connectivity index (χ4v) is 0.274. The van der Waals surface area contributed by atoms with Crippen molar-refractivity contribution < 1.29 is 14.3 Å². The zero-order valence-corrected chi connectivity index (χ0v) is 5.59. The molecule has 0 bridgehead atoms. The number of carbonyl (C=O) groups excluding carboxylic acids is 1. The van der Waals surface area contributed by atoms with E-state index < -0.39 is 12.1 Å². The van der Waals surface area contributed by atoms with E-state index in [1.165, 1.54) is 7.11 Å². The molecule has 0 aromatic heterocycles. The number of ether oxygens (including phenoxy) is 2. The van der Waals surface area contributed by atoms with Crippen molar-refractivity contribution in [2.75, 3.05) is 7.11 Å². The molecule has 0 fully saturated rings. The first-order valence-electron chi connectivity index (χ1n) is 2.56. The molecular formula is C6H10O3. The highest BCUT2D eigenvalue weighted by Crippen LogP contribution is 1.90. The summed E-state index contributed by atoms with van der Waals surface area (Å²) >= 11 is 0. The Labute approximate surface area is 54.3 Å². The van der Waals surface area contributed by atoms with Crippen molar-refractivity contribution in [3.8, 4) is 0 Å². The molecule has 0 aliphatic heterocycles. The lowest BCUT2D eigenvalue weighted by Gasteiger charge is -2.04. The van der Waals surface area contributed by atoms with E-state index in [2.05, 4.69) is 16.1 Å². The van der Waals surface area contributed by atoms with E-state index in [0.717, 1.165) is 6.26 Å². The van der Waals surface area contributed by atoms with E-state index in [1.807, 2.05) is 0 Å². The first-order valence-corrected chi connectivity index (χ1v) is 2.56. The molecule has 0 radical (unpaired) electrons. The van der Waals surface area contributed by atoms with Crippen LogP contribution >= 0.6 is 0 Å². The van der Waals surface area contributed by atoms with Gasteiger partial charge in [0, 0.05) is 7.11 Å². The summed E-state index contributed by atoms with van der Waals surface area (Å²) in [6.07, 6.45) is 0.570. The SMILES string of the molecule is C=COC(=O)C(C)OC. The maximum absolute atomic E-state index is 10.6. The molecule has 1 atom stereocenters. The minimum atomic E-state index is -0.511. The van der Waals surface area contributed by atoms with Crippen LogP contribution in [0.1, 0.15) is 6.92 Å². The minimum Gasteiger partial charge on any atom is -0.433 e. The molecular weight excluding hydrogens is 120 g/mol. The Balaban J connectivity index is 3.58. The highest BCUT2D eigenvalue weighted by atomic mass is 16.6. The van der Waals surface area contributed by atoms with Gasteiger partial charge in [-0.25, -0.2) is 4.79 Å². The van der Waals surface area contributed by atoms with Gasteiger partial charge >= 0.3 is 5.97 Å². The summed E-state index contributed by atoms with van der Waals surface area (Å²) in [5.74, 6) is -0.424. The molecule has 0 rings (SSSR count). The third-order valence-corrected chi connectivity index (χ3v) is 0.885. The Kier molecular flexibility index (Phi) is 3.71. The molecule has 0 N–H and O–H groups in total. The monoisotopic (exact) mass is 130 g/mol. The van der Waals surface area contributed by atoms with Crippen LogP contribution in [-0.2, 0) is 14.3 Å². The molecule has 0 spiro atoms. The molecule has 1 unspecified atom stereocenters. The molecule has 9 heavy (non-hydrogen) atoms.